The van der Waals surface area contributed by atoms with Gasteiger partial charge in [0.05, 0.1) is 0 Å². The van der Waals surface area contributed by atoms with Crippen molar-refractivity contribution >= 4 is 0 Å². The fourth-order valence-electron chi connectivity index (χ4n) is 3.96. The van der Waals surface area contributed by atoms with Crippen molar-refractivity contribution in [3.63, 3.8) is 0 Å². The highest BCUT2D eigenvalue weighted by atomic mass is 19.4. The predicted molar refractivity (Wildman–Crippen MR) is 84.4 cm³/mol. The molecule has 0 spiro atoms. The second kappa shape index (κ2) is 5.49. The molecule has 2 fully saturated rings. The Morgan fingerprint density at radius 1 is 1.00 bits per heavy atom. The highest BCUT2D eigenvalue weighted by Gasteiger charge is 2.72. The number of benzene rings is 1. The van der Waals surface area contributed by atoms with Gasteiger partial charge in [-0.3, -0.25) is 0 Å². The normalized spacial score (nSPS) is 35.1. The SMILES string of the molecule is CC(C)(C)C1CCC(N2N[C@@]2(c2ccccc2)C(F)(F)F)CC1. The minimum absolute atomic E-state index is 0.0459. The molecule has 1 aliphatic carbocycles. The van der Waals surface area contributed by atoms with Crippen LogP contribution in [0.3, 0.4) is 0 Å². The Morgan fingerprint density at radius 2 is 1.57 bits per heavy atom. The van der Waals surface area contributed by atoms with Gasteiger partial charge in [0.1, 0.15) is 0 Å². The van der Waals surface area contributed by atoms with Crippen LogP contribution in [0.2, 0.25) is 0 Å². The van der Waals surface area contributed by atoms with E-state index >= 15 is 0 Å². The smallest absolute Gasteiger partial charge is 0.219 e. The largest absolute Gasteiger partial charge is 0.426 e. The van der Waals surface area contributed by atoms with Gasteiger partial charge in [-0.1, -0.05) is 51.1 Å². The zero-order valence-corrected chi connectivity index (χ0v) is 14.0. The monoisotopic (exact) mass is 326 g/mol. The fraction of sp³-hybridized carbons (Fsp3) is 0.667. The molecule has 2 aliphatic rings. The van der Waals surface area contributed by atoms with E-state index in [0.717, 1.165) is 25.7 Å². The van der Waals surface area contributed by atoms with Gasteiger partial charge < -0.3 is 0 Å². The maximum atomic E-state index is 13.7. The third-order valence-corrected chi connectivity index (χ3v) is 5.48. The van der Waals surface area contributed by atoms with Crippen LogP contribution in [-0.4, -0.2) is 17.2 Å². The first-order valence-corrected chi connectivity index (χ1v) is 8.35. The van der Waals surface area contributed by atoms with Gasteiger partial charge in [0.15, 0.2) is 0 Å². The molecule has 0 amide bonds. The van der Waals surface area contributed by atoms with Crippen LogP contribution in [0.25, 0.3) is 0 Å². The van der Waals surface area contributed by atoms with Crippen LogP contribution in [0.5, 0.6) is 0 Å². The van der Waals surface area contributed by atoms with E-state index in [2.05, 4.69) is 26.2 Å². The third-order valence-electron chi connectivity index (χ3n) is 5.48. The molecule has 0 aromatic heterocycles. The Balaban J connectivity index is 1.76. The molecule has 23 heavy (non-hydrogen) atoms. The first kappa shape index (κ1) is 16.8. The summed E-state index contributed by atoms with van der Waals surface area (Å²) >= 11 is 0. The van der Waals surface area contributed by atoms with E-state index in [4.69, 9.17) is 0 Å². The highest BCUT2D eigenvalue weighted by molar-refractivity contribution is 5.31. The van der Waals surface area contributed by atoms with Crippen molar-refractivity contribution in [3.8, 4) is 0 Å². The summed E-state index contributed by atoms with van der Waals surface area (Å²) in [6.07, 6.45) is -0.696. The van der Waals surface area contributed by atoms with Crippen molar-refractivity contribution in [1.29, 1.82) is 0 Å². The van der Waals surface area contributed by atoms with E-state index in [-0.39, 0.29) is 17.0 Å². The second-order valence-electron chi connectivity index (χ2n) is 7.93. The molecule has 1 saturated heterocycles. The summed E-state index contributed by atoms with van der Waals surface area (Å²) in [5.74, 6) is 0.593. The Bertz CT molecular complexity index is 542. The van der Waals surface area contributed by atoms with Gasteiger partial charge in [0.2, 0.25) is 5.66 Å². The van der Waals surface area contributed by atoms with E-state index in [9.17, 15) is 13.2 Å². The minimum atomic E-state index is -4.32. The molecule has 1 N–H and O–H groups in total. The average Bonchev–Trinajstić information content (AvgIpc) is 3.24. The fourth-order valence-corrected chi connectivity index (χ4v) is 3.96. The highest BCUT2D eigenvalue weighted by Crippen LogP contribution is 2.53. The Labute approximate surface area is 136 Å². The van der Waals surface area contributed by atoms with Crippen LogP contribution in [-0.2, 0) is 5.66 Å². The molecular formula is C18H25F3N2. The van der Waals surface area contributed by atoms with E-state index < -0.39 is 11.8 Å². The van der Waals surface area contributed by atoms with Crippen molar-refractivity contribution in [2.45, 2.75) is 64.3 Å². The van der Waals surface area contributed by atoms with Gasteiger partial charge >= 0.3 is 6.18 Å². The number of nitrogens with zero attached hydrogens (tertiary/aromatic N) is 1. The zero-order chi connectivity index (χ0) is 16.9. The molecule has 1 saturated carbocycles. The number of rotatable bonds is 2. The van der Waals surface area contributed by atoms with Crippen molar-refractivity contribution in [2.24, 2.45) is 11.3 Å². The van der Waals surface area contributed by atoms with Crippen molar-refractivity contribution in [1.82, 2.24) is 10.4 Å². The van der Waals surface area contributed by atoms with Gasteiger partial charge in [-0.25, -0.2) is 10.4 Å². The Hall–Kier alpha value is -1.07. The predicted octanol–water partition coefficient (Wildman–Crippen LogP) is 4.83. The second-order valence-corrected chi connectivity index (χ2v) is 7.93. The third kappa shape index (κ3) is 2.89. The van der Waals surface area contributed by atoms with Gasteiger partial charge in [0.25, 0.3) is 0 Å². The number of nitrogens with one attached hydrogen (secondary N) is 1. The first-order chi connectivity index (χ1) is 10.7. The molecule has 128 valence electrons. The molecular weight excluding hydrogens is 301 g/mol. The molecule has 1 heterocycles. The molecule has 1 unspecified atom stereocenters. The van der Waals surface area contributed by atoms with Crippen LogP contribution in [0.1, 0.15) is 52.0 Å². The van der Waals surface area contributed by atoms with Crippen LogP contribution in [0, 0.1) is 11.3 Å². The number of hydrogen-bond donors (Lipinski definition) is 1. The Morgan fingerprint density at radius 3 is 2.04 bits per heavy atom. The lowest BCUT2D eigenvalue weighted by Gasteiger charge is -2.37. The van der Waals surface area contributed by atoms with Crippen molar-refractivity contribution < 1.29 is 13.2 Å². The quantitative estimate of drug-likeness (QED) is 0.788. The maximum Gasteiger partial charge on any atom is 0.426 e. The first-order valence-electron chi connectivity index (χ1n) is 8.35. The summed E-state index contributed by atoms with van der Waals surface area (Å²) in [4.78, 5) is 0. The lowest BCUT2D eigenvalue weighted by Crippen LogP contribution is -2.40. The topological polar surface area (TPSA) is 25.0 Å². The molecule has 1 aromatic rings. The minimum Gasteiger partial charge on any atom is -0.219 e. The molecule has 2 atom stereocenters. The zero-order valence-electron chi connectivity index (χ0n) is 14.0. The number of alkyl halides is 3. The molecule has 1 aliphatic heterocycles. The molecule has 3 rings (SSSR count). The lowest BCUT2D eigenvalue weighted by molar-refractivity contribution is -0.178. The van der Waals surface area contributed by atoms with Crippen LogP contribution in [0.15, 0.2) is 30.3 Å². The molecule has 5 heteroatoms. The number of hydrazine groups is 1. The average molecular weight is 326 g/mol. The van der Waals surface area contributed by atoms with Crippen LogP contribution in [0.4, 0.5) is 13.2 Å². The van der Waals surface area contributed by atoms with Gasteiger partial charge in [0, 0.05) is 6.04 Å². The molecule has 1 aromatic carbocycles. The van der Waals surface area contributed by atoms with E-state index in [0.29, 0.717) is 5.92 Å². The number of halogens is 3. The summed E-state index contributed by atoms with van der Waals surface area (Å²) < 4.78 is 41.2. The summed E-state index contributed by atoms with van der Waals surface area (Å²) in [6.45, 7) is 6.66. The van der Waals surface area contributed by atoms with Gasteiger partial charge in [-0.2, -0.15) is 13.2 Å². The molecule has 2 nitrogen and oxygen atoms in total. The van der Waals surface area contributed by atoms with E-state index in [1.165, 1.54) is 5.01 Å². The number of hydrogen-bond acceptors (Lipinski definition) is 2. The standard InChI is InChI=1S/C18H25F3N2/c1-16(2,3)13-9-11-15(12-10-13)23-17(22-23,18(19,20)21)14-7-5-4-6-8-14/h4-8,13,15,22H,9-12H2,1-3H3/t13?,15?,17-,23?/m1/s1. The van der Waals surface area contributed by atoms with E-state index in [1.807, 2.05) is 0 Å². The van der Waals surface area contributed by atoms with E-state index in [1.54, 1.807) is 30.3 Å². The summed E-state index contributed by atoms with van der Waals surface area (Å²) in [6, 6.07) is 8.14. The summed E-state index contributed by atoms with van der Waals surface area (Å²) in [7, 11) is 0. The van der Waals surface area contributed by atoms with Crippen molar-refractivity contribution in [3.05, 3.63) is 35.9 Å². The summed E-state index contributed by atoms with van der Waals surface area (Å²) in [5, 5.41) is 1.45. The lowest BCUT2D eigenvalue weighted by atomic mass is 9.71. The van der Waals surface area contributed by atoms with Gasteiger partial charge in [-0.15, -0.1) is 0 Å². The van der Waals surface area contributed by atoms with Crippen molar-refractivity contribution in [2.75, 3.05) is 0 Å². The Kier molecular flexibility index (Phi) is 4.00. The van der Waals surface area contributed by atoms with Crippen LogP contribution < -0.4 is 5.43 Å². The van der Waals surface area contributed by atoms with Crippen LogP contribution >= 0.6 is 0 Å². The summed E-state index contributed by atoms with van der Waals surface area (Å²) in [5.41, 5.74) is 1.19. The van der Waals surface area contributed by atoms with Gasteiger partial charge in [-0.05, 0) is 42.6 Å². The maximum absolute atomic E-state index is 13.7. The molecule has 0 radical (unpaired) electrons. The molecule has 0 bridgehead atoms.